The van der Waals surface area contributed by atoms with E-state index < -0.39 is 0 Å². The van der Waals surface area contributed by atoms with Gasteiger partial charge in [-0.3, -0.25) is 4.79 Å². The van der Waals surface area contributed by atoms with Gasteiger partial charge in [-0.15, -0.1) is 18.2 Å². The van der Waals surface area contributed by atoms with Crippen molar-refractivity contribution in [2.45, 2.75) is 6.42 Å². The second kappa shape index (κ2) is 9.48. The van der Waals surface area contributed by atoms with E-state index >= 15 is 0 Å². The summed E-state index contributed by atoms with van der Waals surface area (Å²) in [7, 11) is 1.91. The van der Waals surface area contributed by atoms with Crippen molar-refractivity contribution in [1.82, 2.24) is 10.6 Å². The van der Waals surface area contributed by atoms with Crippen LogP contribution in [0.1, 0.15) is 15.9 Å². The molecular formula is C15H20N2OS. The molecule has 19 heavy (non-hydrogen) atoms. The normalized spacial score (nSPS) is 9.89. The van der Waals surface area contributed by atoms with Crippen LogP contribution in [-0.2, 0) is 6.42 Å². The fourth-order valence-electron chi connectivity index (χ4n) is 1.68. The quantitative estimate of drug-likeness (QED) is 0.559. The largest absolute Gasteiger partial charge is 0.351 e. The molecule has 0 saturated heterocycles. The maximum atomic E-state index is 12.1. The van der Waals surface area contributed by atoms with Crippen LogP contribution in [0.25, 0.3) is 0 Å². The molecule has 0 bridgehead atoms. The lowest BCUT2D eigenvalue weighted by Crippen LogP contribution is -2.27. The monoisotopic (exact) mass is 276 g/mol. The number of hydrogen-bond donors (Lipinski definition) is 2. The third-order valence-electron chi connectivity index (χ3n) is 2.62. The van der Waals surface area contributed by atoms with Crippen LogP contribution < -0.4 is 10.6 Å². The van der Waals surface area contributed by atoms with Gasteiger partial charge in [0.1, 0.15) is 0 Å². The van der Waals surface area contributed by atoms with Crippen molar-refractivity contribution in [1.29, 1.82) is 0 Å². The van der Waals surface area contributed by atoms with E-state index in [9.17, 15) is 4.79 Å². The summed E-state index contributed by atoms with van der Waals surface area (Å²) >= 11 is 1.65. The Morgan fingerprint density at radius 2 is 2.16 bits per heavy atom. The van der Waals surface area contributed by atoms with Gasteiger partial charge in [-0.05, 0) is 31.6 Å². The number of hydrogen-bond acceptors (Lipinski definition) is 3. The van der Waals surface area contributed by atoms with E-state index in [-0.39, 0.29) is 5.91 Å². The van der Waals surface area contributed by atoms with E-state index in [4.69, 9.17) is 6.42 Å². The van der Waals surface area contributed by atoms with Crippen molar-refractivity contribution in [2.24, 2.45) is 0 Å². The summed E-state index contributed by atoms with van der Waals surface area (Å²) in [6.45, 7) is 1.51. The fourth-order valence-corrected chi connectivity index (χ4v) is 2.19. The van der Waals surface area contributed by atoms with Crippen LogP contribution in [0.4, 0.5) is 0 Å². The summed E-state index contributed by atoms with van der Waals surface area (Å²) in [4.78, 5) is 12.1. The minimum atomic E-state index is -0.00647. The van der Waals surface area contributed by atoms with Crippen molar-refractivity contribution in [2.75, 3.05) is 31.6 Å². The van der Waals surface area contributed by atoms with Crippen molar-refractivity contribution in [3.63, 3.8) is 0 Å². The first-order valence-corrected chi connectivity index (χ1v) is 7.47. The molecule has 0 aliphatic rings. The highest BCUT2D eigenvalue weighted by Crippen LogP contribution is 2.09. The molecule has 1 aromatic rings. The number of terminal acetylenes is 1. The molecule has 3 nitrogen and oxygen atoms in total. The number of likely N-dealkylation sites (N-methyl/N-ethyl adjacent to an activating group) is 1. The average Bonchev–Trinajstić information content (AvgIpc) is 2.45. The summed E-state index contributed by atoms with van der Waals surface area (Å²) in [5.74, 6) is 4.09. The van der Waals surface area contributed by atoms with Crippen molar-refractivity contribution in [3.8, 4) is 12.3 Å². The highest BCUT2D eigenvalue weighted by Gasteiger charge is 2.09. The molecule has 0 radical (unpaired) electrons. The molecule has 2 N–H and O–H groups in total. The zero-order chi connectivity index (χ0) is 13.9. The van der Waals surface area contributed by atoms with Gasteiger partial charge < -0.3 is 10.6 Å². The zero-order valence-corrected chi connectivity index (χ0v) is 12.1. The number of benzene rings is 1. The Kier molecular flexibility index (Phi) is 7.80. The molecule has 0 heterocycles. The summed E-state index contributed by atoms with van der Waals surface area (Å²) in [5, 5.41) is 6.02. The van der Waals surface area contributed by atoms with Crippen LogP contribution in [0.5, 0.6) is 0 Å². The SMILES string of the molecule is C#CCSCCNC(=O)c1ccccc1CCNC. The van der Waals surface area contributed by atoms with Gasteiger partial charge in [0.05, 0.1) is 5.75 Å². The van der Waals surface area contributed by atoms with Gasteiger partial charge in [0.25, 0.3) is 5.91 Å². The Bertz CT molecular complexity index is 440. The van der Waals surface area contributed by atoms with E-state index in [0.717, 1.165) is 29.8 Å². The lowest BCUT2D eigenvalue weighted by molar-refractivity contribution is 0.0955. The van der Waals surface area contributed by atoms with Crippen molar-refractivity contribution < 1.29 is 4.79 Å². The summed E-state index contributed by atoms with van der Waals surface area (Å²) in [5.41, 5.74) is 1.84. The molecule has 0 saturated carbocycles. The van der Waals surface area contributed by atoms with Gasteiger partial charge in [-0.1, -0.05) is 24.1 Å². The Hall–Kier alpha value is -1.44. The highest BCUT2D eigenvalue weighted by atomic mass is 32.2. The van der Waals surface area contributed by atoms with Crippen LogP contribution in [0.15, 0.2) is 24.3 Å². The van der Waals surface area contributed by atoms with Crippen LogP contribution in [-0.4, -0.2) is 37.6 Å². The van der Waals surface area contributed by atoms with Crippen molar-refractivity contribution in [3.05, 3.63) is 35.4 Å². The second-order valence-corrected chi connectivity index (χ2v) is 5.13. The third-order valence-corrected chi connectivity index (χ3v) is 3.49. The van der Waals surface area contributed by atoms with Crippen molar-refractivity contribution >= 4 is 17.7 Å². The lowest BCUT2D eigenvalue weighted by Gasteiger charge is -2.09. The maximum absolute atomic E-state index is 12.1. The molecule has 0 spiro atoms. The van der Waals surface area contributed by atoms with Gasteiger partial charge in [0, 0.05) is 17.9 Å². The molecule has 0 aliphatic heterocycles. The number of thioether (sulfide) groups is 1. The minimum absolute atomic E-state index is 0.00647. The molecular weight excluding hydrogens is 256 g/mol. The Morgan fingerprint density at radius 3 is 2.89 bits per heavy atom. The Morgan fingerprint density at radius 1 is 1.37 bits per heavy atom. The molecule has 1 amide bonds. The van der Waals surface area contributed by atoms with Gasteiger partial charge >= 0.3 is 0 Å². The topological polar surface area (TPSA) is 41.1 Å². The standard InChI is InChI=1S/C15H20N2OS/c1-3-11-19-12-10-17-15(18)14-7-5-4-6-13(14)8-9-16-2/h1,4-7,16H,8-12H2,2H3,(H,17,18). The first kappa shape index (κ1) is 15.6. The zero-order valence-electron chi connectivity index (χ0n) is 11.2. The lowest BCUT2D eigenvalue weighted by atomic mass is 10.0. The first-order valence-electron chi connectivity index (χ1n) is 6.31. The smallest absolute Gasteiger partial charge is 0.251 e. The molecule has 0 atom stereocenters. The minimum Gasteiger partial charge on any atom is -0.351 e. The summed E-state index contributed by atoms with van der Waals surface area (Å²) in [6, 6.07) is 7.73. The van der Waals surface area contributed by atoms with Gasteiger partial charge in [-0.2, -0.15) is 0 Å². The van der Waals surface area contributed by atoms with Crippen LogP contribution >= 0.6 is 11.8 Å². The van der Waals surface area contributed by atoms with Gasteiger partial charge in [0.15, 0.2) is 0 Å². The van der Waals surface area contributed by atoms with Gasteiger partial charge in [0.2, 0.25) is 0 Å². The average molecular weight is 276 g/mol. The number of carbonyl (C=O) groups excluding carboxylic acids is 1. The maximum Gasteiger partial charge on any atom is 0.251 e. The molecule has 102 valence electrons. The summed E-state index contributed by atoms with van der Waals surface area (Å²) < 4.78 is 0. The Balaban J connectivity index is 2.49. The molecule has 1 rings (SSSR count). The summed E-state index contributed by atoms with van der Waals surface area (Å²) in [6.07, 6.45) is 6.02. The van der Waals surface area contributed by atoms with E-state index in [1.165, 1.54) is 0 Å². The molecule has 0 aliphatic carbocycles. The highest BCUT2D eigenvalue weighted by molar-refractivity contribution is 7.99. The van der Waals surface area contributed by atoms with Crippen LogP contribution in [0.2, 0.25) is 0 Å². The van der Waals surface area contributed by atoms with Crippen LogP contribution in [0, 0.1) is 12.3 Å². The second-order valence-electron chi connectivity index (χ2n) is 4.02. The third kappa shape index (κ3) is 5.82. The van der Waals surface area contributed by atoms with Gasteiger partial charge in [-0.25, -0.2) is 0 Å². The number of amides is 1. The fraction of sp³-hybridized carbons (Fsp3) is 0.400. The number of nitrogens with one attached hydrogen (secondary N) is 2. The molecule has 0 unspecified atom stereocenters. The van der Waals surface area contributed by atoms with E-state index in [2.05, 4.69) is 16.6 Å². The Labute approximate surface area is 119 Å². The number of rotatable bonds is 8. The molecule has 0 aromatic heterocycles. The molecule has 4 heteroatoms. The predicted octanol–water partition coefficient (Wildman–Crippen LogP) is 1.54. The van der Waals surface area contributed by atoms with E-state index in [0.29, 0.717) is 12.3 Å². The van der Waals surface area contributed by atoms with E-state index in [1.54, 1.807) is 11.8 Å². The first-order chi connectivity index (χ1) is 9.29. The molecule has 1 aromatic carbocycles. The van der Waals surface area contributed by atoms with Crippen LogP contribution in [0.3, 0.4) is 0 Å². The molecule has 0 fully saturated rings. The predicted molar refractivity (Wildman–Crippen MR) is 82.6 cm³/mol. The number of carbonyl (C=O) groups is 1. The van der Waals surface area contributed by atoms with E-state index in [1.807, 2.05) is 31.3 Å².